The fraction of sp³-hybridized carbons (Fsp3) is 0.875. The Morgan fingerprint density at radius 1 is 1.30 bits per heavy atom. The molecular weight excluding hydrogens is 252 g/mol. The van der Waals surface area contributed by atoms with E-state index in [4.69, 9.17) is 0 Å². The maximum atomic E-state index is 12.8. The van der Waals surface area contributed by atoms with Gasteiger partial charge in [-0.15, -0.1) is 0 Å². The highest BCUT2D eigenvalue weighted by Gasteiger charge is 2.42. The summed E-state index contributed by atoms with van der Waals surface area (Å²) in [6.07, 6.45) is 6.98. The van der Waals surface area contributed by atoms with Crippen molar-refractivity contribution in [3.05, 3.63) is 0 Å². The van der Waals surface area contributed by atoms with Gasteiger partial charge in [-0.25, -0.2) is 0 Å². The number of carbonyl (C=O) groups is 2. The zero-order valence-corrected chi connectivity index (χ0v) is 13.1. The third-order valence-electron chi connectivity index (χ3n) is 5.21. The van der Waals surface area contributed by atoms with Gasteiger partial charge in [0, 0.05) is 19.0 Å². The van der Waals surface area contributed by atoms with E-state index in [9.17, 15) is 9.59 Å². The molecule has 114 valence electrons. The van der Waals surface area contributed by atoms with Gasteiger partial charge >= 0.3 is 0 Å². The molecule has 2 fully saturated rings. The molecule has 0 aromatic carbocycles. The van der Waals surface area contributed by atoms with E-state index in [1.807, 2.05) is 18.7 Å². The van der Waals surface area contributed by atoms with Gasteiger partial charge in [-0.3, -0.25) is 9.59 Å². The fourth-order valence-corrected chi connectivity index (χ4v) is 3.57. The van der Waals surface area contributed by atoms with Crippen LogP contribution in [0, 0.1) is 5.92 Å². The molecule has 0 aromatic rings. The molecule has 1 saturated carbocycles. The molecule has 2 rings (SSSR count). The number of carbonyl (C=O) groups excluding carboxylic acids is 2. The normalized spacial score (nSPS) is 35.6. The third-order valence-corrected chi connectivity index (χ3v) is 5.21. The van der Waals surface area contributed by atoms with Gasteiger partial charge in [0.15, 0.2) is 0 Å². The largest absolute Gasteiger partial charge is 0.342 e. The zero-order valence-electron chi connectivity index (χ0n) is 13.1. The van der Waals surface area contributed by atoms with Crippen LogP contribution >= 0.6 is 0 Å². The van der Waals surface area contributed by atoms with Crippen LogP contribution in [-0.2, 0) is 9.59 Å². The summed E-state index contributed by atoms with van der Waals surface area (Å²) in [5.74, 6) is 0.863. The topological polar surface area (TPSA) is 49.4 Å². The molecule has 0 spiro atoms. The van der Waals surface area contributed by atoms with Crippen molar-refractivity contribution in [1.29, 1.82) is 0 Å². The summed E-state index contributed by atoms with van der Waals surface area (Å²) in [7, 11) is 0. The van der Waals surface area contributed by atoms with Gasteiger partial charge in [0.1, 0.15) is 5.54 Å². The molecule has 3 unspecified atom stereocenters. The van der Waals surface area contributed by atoms with Crippen LogP contribution in [0.15, 0.2) is 0 Å². The average Bonchev–Trinajstić information content (AvgIpc) is 2.57. The van der Waals surface area contributed by atoms with E-state index < -0.39 is 5.54 Å². The molecule has 4 heteroatoms. The predicted molar refractivity (Wildman–Crippen MR) is 79.2 cm³/mol. The van der Waals surface area contributed by atoms with Crippen molar-refractivity contribution in [2.75, 3.05) is 6.54 Å². The van der Waals surface area contributed by atoms with Gasteiger partial charge in [0.25, 0.3) is 0 Å². The molecule has 4 nitrogen and oxygen atoms in total. The minimum atomic E-state index is -0.716. The predicted octanol–water partition coefficient (Wildman–Crippen LogP) is 2.47. The first-order valence-electron chi connectivity index (χ1n) is 8.12. The number of nitrogens with one attached hydrogen (secondary N) is 1. The molecular formula is C16H28N2O2. The maximum absolute atomic E-state index is 12.8. The lowest BCUT2D eigenvalue weighted by Crippen LogP contribution is -2.57. The molecule has 20 heavy (non-hydrogen) atoms. The fourth-order valence-electron chi connectivity index (χ4n) is 3.57. The first-order valence-corrected chi connectivity index (χ1v) is 8.12. The summed E-state index contributed by atoms with van der Waals surface area (Å²) in [5.41, 5.74) is -0.716. The molecule has 2 amide bonds. The van der Waals surface area contributed by atoms with Crippen molar-refractivity contribution in [3.63, 3.8) is 0 Å². The van der Waals surface area contributed by atoms with Gasteiger partial charge < -0.3 is 10.2 Å². The second kappa shape index (κ2) is 6.15. The van der Waals surface area contributed by atoms with Crippen LogP contribution in [-0.4, -0.2) is 34.8 Å². The SMILES string of the molecule is CCC1CCCC(N2CCC(=O)NC(C)(CC)C2=O)C1. The first-order chi connectivity index (χ1) is 9.50. The van der Waals surface area contributed by atoms with E-state index in [2.05, 4.69) is 12.2 Å². The van der Waals surface area contributed by atoms with Gasteiger partial charge in [0.2, 0.25) is 11.8 Å². The summed E-state index contributed by atoms with van der Waals surface area (Å²) in [4.78, 5) is 26.7. The first kappa shape index (κ1) is 15.3. The number of hydrogen-bond donors (Lipinski definition) is 1. The van der Waals surface area contributed by atoms with Crippen LogP contribution in [0.4, 0.5) is 0 Å². The minimum Gasteiger partial charge on any atom is -0.342 e. The zero-order chi connectivity index (χ0) is 14.8. The van der Waals surface area contributed by atoms with Gasteiger partial charge in [-0.2, -0.15) is 0 Å². The highest BCUT2D eigenvalue weighted by molar-refractivity contribution is 5.93. The average molecular weight is 280 g/mol. The molecule has 1 aliphatic carbocycles. The second-order valence-electron chi connectivity index (χ2n) is 6.58. The van der Waals surface area contributed by atoms with Crippen LogP contribution in [0.2, 0.25) is 0 Å². The standard InChI is InChI=1S/C16H28N2O2/c1-4-12-7-6-8-13(11-12)18-10-9-14(19)17-16(3,5-2)15(18)20/h12-13H,4-11H2,1-3H3,(H,17,19). The maximum Gasteiger partial charge on any atom is 0.248 e. The summed E-state index contributed by atoms with van der Waals surface area (Å²) >= 11 is 0. The molecule has 0 bridgehead atoms. The molecule has 0 aromatic heterocycles. The Labute approximate surface area is 122 Å². The number of nitrogens with zero attached hydrogens (tertiary/aromatic N) is 1. The Bertz CT molecular complexity index is 383. The molecule has 1 saturated heterocycles. The molecule has 1 aliphatic heterocycles. The quantitative estimate of drug-likeness (QED) is 0.863. The van der Waals surface area contributed by atoms with Crippen molar-refractivity contribution in [2.24, 2.45) is 5.92 Å². The minimum absolute atomic E-state index is 0.00745. The molecule has 1 N–H and O–H groups in total. The number of amides is 2. The van der Waals surface area contributed by atoms with E-state index in [1.54, 1.807) is 0 Å². The highest BCUT2D eigenvalue weighted by Crippen LogP contribution is 2.32. The molecule has 3 atom stereocenters. The van der Waals surface area contributed by atoms with Crippen LogP contribution in [0.3, 0.4) is 0 Å². The van der Waals surface area contributed by atoms with Crippen molar-refractivity contribution in [3.8, 4) is 0 Å². The summed E-state index contributed by atoms with van der Waals surface area (Å²) in [5, 5.41) is 2.92. The van der Waals surface area contributed by atoms with Crippen molar-refractivity contribution < 1.29 is 9.59 Å². The van der Waals surface area contributed by atoms with Crippen molar-refractivity contribution in [2.45, 2.75) is 77.3 Å². The van der Waals surface area contributed by atoms with Gasteiger partial charge in [-0.05, 0) is 32.1 Å². The third kappa shape index (κ3) is 2.99. The van der Waals surface area contributed by atoms with Crippen LogP contribution < -0.4 is 5.32 Å². The highest BCUT2D eigenvalue weighted by atomic mass is 16.2. The Kier molecular flexibility index (Phi) is 4.71. The van der Waals surface area contributed by atoms with Crippen molar-refractivity contribution in [1.82, 2.24) is 10.2 Å². The Balaban J connectivity index is 2.16. The van der Waals surface area contributed by atoms with E-state index >= 15 is 0 Å². The Hall–Kier alpha value is -1.06. The molecule has 2 aliphatic rings. The number of rotatable bonds is 3. The van der Waals surface area contributed by atoms with E-state index in [1.165, 1.54) is 19.3 Å². The van der Waals surface area contributed by atoms with Crippen LogP contribution in [0.1, 0.15) is 65.7 Å². The van der Waals surface area contributed by atoms with Crippen LogP contribution in [0.5, 0.6) is 0 Å². The summed E-state index contributed by atoms with van der Waals surface area (Å²) < 4.78 is 0. The smallest absolute Gasteiger partial charge is 0.248 e. The Morgan fingerprint density at radius 3 is 2.70 bits per heavy atom. The molecule has 0 radical (unpaired) electrons. The van der Waals surface area contributed by atoms with E-state index in [0.29, 0.717) is 25.4 Å². The van der Waals surface area contributed by atoms with E-state index in [0.717, 1.165) is 18.8 Å². The monoisotopic (exact) mass is 280 g/mol. The number of hydrogen-bond acceptors (Lipinski definition) is 2. The second-order valence-corrected chi connectivity index (χ2v) is 6.58. The summed E-state index contributed by atoms with van der Waals surface area (Å²) in [6.45, 7) is 6.66. The molecule has 1 heterocycles. The lowest BCUT2D eigenvalue weighted by atomic mass is 9.82. The summed E-state index contributed by atoms with van der Waals surface area (Å²) in [6, 6.07) is 0.333. The van der Waals surface area contributed by atoms with Gasteiger partial charge in [-0.1, -0.05) is 33.1 Å². The lowest BCUT2D eigenvalue weighted by Gasteiger charge is -2.40. The van der Waals surface area contributed by atoms with Gasteiger partial charge in [0.05, 0.1) is 0 Å². The Morgan fingerprint density at radius 2 is 2.05 bits per heavy atom. The van der Waals surface area contributed by atoms with Crippen molar-refractivity contribution >= 4 is 11.8 Å². The van der Waals surface area contributed by atoms with E-state index in [-0.39, 0.29) is 11.8 Å². The van der Waals surface area contributed by atoms with Crippen LogP contribution in [0.25, 0.3) is 0 Å². The lowest BCUT2D eigenvalue weighted by molar-refractivity contribution is -0.141.